The molecule has 0 bridgehead atoms. The van der Waals surface area contributed by atoms with Crippen LogP contribution in [0.1, 0.15) is 41.0 Å². The highest BCUT2D eigenvalue weighted by molar-refractivity contribution is 5.98. The highest BCUT2D eigenvalue weighted by atomic mass is 16.1. The van der Waals surface area contributed by atoms with Crippen molar-refractivity contribution < 1.29 is 4.79 Å². The van der Waals surface area contributed by atoms with E-state index in [1.807, 2.05) is 36.0 Å². The first kappa shape index (κ1) is 19.0. The van der Waals surface area contributed by atoms with Gasteiger partial charge in [-0.2, -0.15) is 10.4 Å². The molecular weight excluding hydrogens is 390 g/mol. The van der Waals surface area contributed by atoms with E-state index in [0.29, 0.717) is 23.5 Å². The van der Waals surface area contributed by atoms with Crippen molar-refractivity contribution >= 4 is 11.6 Å². The fourth-order valence-corrected chi connectivity index (χ4v) is 4.63. The van der Waals surface area contributed by atoms with E-state index in [9.17, 15) is 4.79 Å². The number of carbonyl (C=O) groups is 1. The van der Waals surface area contributed by atoms with Crippen molar-refractivity contribution in [1.82, 2.24) is 24.1 Å². The largest absolute Gasteiger partial charge is 0.365 e. The summed E-state index contributed by atoms with van der Waals surface area (Å²) in [5, 5.41) is 13.7. The third-order valence-electron chi connectivity index (χ3n) is 6.14. The van der Waals surface area contributed by atoms with Crippen LogP contribution in [0.4, 0.5) is 0 Å². The van der Waals surface area contributed by atoms with Crippen LogP contribution in [0.3, 0.4) is 0 Å². The Morgan fingerprint density at radius 2 is 2.16 bits per heavy atom. The van der Waals surface area contributed by atoms with Crippen LogP contribution in [0.2, 0.25) is 0 Å². The van der Waals surface area contributed by atoms with Crippen molar-refractivity contribution in [2.24, 2.45) is 18.7 Å². The molecule has 5 rings (SSSR count). The molecule has 1 fully saturated rings. The summed E-state index contributed by atoms with van der Waals surface area (Å²) in [5.41, 5.74) is 8.93. The predicted octanol–water partition coefficient (Wildman–Crippen LogP) is 2.84. The highest BCUT2D eigenvalue weighted by Crippen LogP contribution is 2.52. The minimum absolute atomic E-state index is 0.309. The molecule has 0 aliphatic heterocycles. The average molecular weight is 411 g/mol. The van der Waals surface area contributed by atoms with E-state index >= 15 is 0 Å². The van der Waals surface area contributed by atoms with Crippen molar-refractivity contribution in [2.45, 2.75) is 24.7 Å². The molecule has 1 aliphatic rings. The highest BCUT2D eigenvalue weighted by Gasteiger charge is 2.49. The number of nitrogens with two attached hydrogens (primary N) is 1. The number of nitrogens with zero attached hydrogens (tertiary/aromatic N) is 6. The van der Waals surface area contributed by atoms with E-state index < -0.39 is 5.91 Å². The first-order chi connectivity index (χ1) is 15.0. The van der Waals surface area contributed by atoms with E-state index in [-0.39, 0.29) is 5.41 Å². The lowest BCUT2D eigenvalue weighted by Gasteiger charge is -2.45. The maximum atomic E-state index is 11.8. The van der Waals surface area contributed by atoms with Crippen molar-refractivity contribution in [3.8, 4) is 17.3 Å². The zero-order valence-electron chi connectivity index (χ0n) is 17.1. The number of hydrogen-bond donors (Lipinski definition) is 1. The van der Waals surface area contributed by atoms with Crippen LogP contribution in [0.25, 0.3) is 16.9 Å². The van der Waals surface area contributed by atoms with Gasteiger partial charge in [-0.15, -0.1) is 0 Å². The Hall–Kier alpha value is -3.99. The molecule has 4 aromatic rings. The number of pyridine rings is 1. The van der Waals surface area contributed by atoms with Crippen molar-refractivity contribution in [2.75, 3.05) is 0 Å². The summed E-state index contributed by atoms with van der Waals surface area (Å²) < 4.78 is 3.52. The monoisotopic (exact) mass is 411 g/mol. The molecule has 3 aromatic heterocycles. The van der Waals surface area contributed by atoms with Crippen molar-refractivity contribution in [3.63, 3.8) is 0 Å². The van der Waals surface area contributed by atoms with Crippen LogP contribution < -0.4 is 5.73 Å². The Morgan fingerprint density at radius 1 is 1.32 bits per heavy atom. The number of aromatic nitrogens is 5. The molecule has 8 heteroatoms. The van der Waals surface area contributed by atoms with Gasteiger partial charge in [-0.1, -0.05) is 18.2 Å². The number of aryl methyl sites for hydroxylation is 1. The summed E-state index contributed by atoms with van der Waals surface area (Å²) in [6, 6.07) is 14.0. The van der Waals surface area contributed by atoms with E-state index in [2.05, 4.69) is 33.3 Å². The van der Waals surface area contributed by atoms with Gasteiger partial charge in [0.05, 0.1) is 22.7 Å². The molecule has 1 amide bonds. The van der Waals surface area contributed by atoms with E-state index in [4.69, 9.17) is 11.0 Å². The molecule has 0 spiro atoms. The first-order valence-corrected chi connectivity index (χ1v) is 10.1. The summed E-state index contributed by atoms with van der Waals surface area (Å²) >= 11 is 0. The molecule has 2 N–H and O–H groups in total. The minimum Gasteiger partial charge on any atom is -0.365 e. The van der Waals surface area contributed by atoms with Crippen molar-refractivity contribution in [1.29, 1.82) is 5.26 Å². The van der Waals surface area contributed by atoms with Gasteiger partial charge in [0.25, 0.3) is 5.91 Å². The fraction of sp³-hybridized carbons (Fsp3) is 0.261. The zero-order chi connectivity index (χ0) is 21.6. The summed E-state index contributed by atoms with van der Waals surface area (Å²) in [6.45, 7) is 0. The van der Waals surface area contributed by atoms with Crippen LogP contribution in [0, 0.1) is 17.2 Å². The van der Waals surface area contributed by atoms with Crippen LogP contribution >= 0.6 is 0 Å². The van der Waals surface area contributed by atoms with E-state index in [1.165, 1.54) is 0 Å². The number of carbonyl (C=O) groups excluding carboxylic acids is 1. The summed E-state index contributed by atoms with van der Waals surface area (Å²) in [6.07, 6.45) is 7.67. The van der Waals surface area contributed by atoms with Gasteiger partial charge in [-0.25, -0.2) is 9.97 Å². The third kappa shape index (κ3) is 3.06. The Morgan fingerprint density at radius 3 is 2.87 bits per heavy atom. The van der Waals surface area contributed by atoms with Gasteiger partial charge in [-0.3, -0.25) is 9.48 Å². The maximum absolute atomic E-state index is 11.8. The van der Waals surface area contributed by atoms with E-state index in [1.54, 1.807) is 23.1 Å². The summed E-state index contributed by atoms with van der Waals surface area (Å²) in [7, 11) is 1.86. The Kier molecular flexibility index (Phi) is 4.33. The molecular formula is C23H21N7O. The summed E-state index contributed by atoms with van der Waals surface area (Å²) in [4.78, 5) is 21.0. The number of hydrogen-bond acceptors (Lipinski definition) is 5. The number of rotatable bonds is 5. The van der Waals surface area contributed by atoms with Crippen LogP contribution in [-0.4, -0.2) is 30.1 Å². The Bertz CT molecular complexity index is 1340. The molecule has 1 aromatic carbocycles. The molecule has 8 nitrogen and oxygen atoms in total. The lowest BCUT2D eigenvalue weighted by Crippen LogP contribution is -2.43. The van der Waals surface area contributed by atoms with Gasteiger partial charge in [0.1, 0.15) is 12.0 Å². The second-order valence-corrected chi connectivity index (χ2v) is 8.18. The number of nitriles is 1. The Balaban J connectivity index is 1.58. The predicted molar refractivity (Wildman–Crippen MR) is 114 cm³/mol. The molecule has 0 saturated heterocycles. The maximum Gasteiger partial charge on any atom is 0.252 e. The van der Waals surface area contributed by atoms with Gasteiger partial charge >= 0.3 is 0 Å². The SMILES string of the molecule is Cn1cnc(C2(c3cccc(-c4cn5cccc(C(N)=O)c5n4)c3)CC(CC#N)C2)n1. The topological polar surface area (TPSA) is 115 Å². The molecule has 3 heterocycles. The van der Waals surface area contributed by atoms with Gasteiger partial charge in [0.15, 0.2) is 5.82 Å². The molecule has 0 radical (unpaired) electrons. The molecule has 0 unspecified atom stereocenters. The van der Waals surface area contributed by atoms with Gasteiger partial charge in [0.2, 0.25) is 0 Å². The van der Waals surface area contributed by atoms with Gasteiger partial charge < -0.3 is 10.1 Å². The normalized spacial score (nSPS) is 20.3. The van der Waals surface area contributed by atoms with Crippen LogP contribution in [0.5, 0.6) is 0 Å². The number of benzene rings is 1. The van der Waals surface area contributed by atoms with Crippen molar-refractivity contribution in [3.05, 3.63) is 72.1 Å². The number of fused-ring (bicyclic) bond motifs is 1. The molecule has 1 saturated carbocycles. The first-order valence-electron chi connectivity index (χ1n) is 10.1. The molecule has 31 heavy (non-hydrogen) atoms. The fourth-order valence-electron chi connectivity index (χ4n) is 4.63. The molecule has 0 atom stereocenters. The summed E-state index contributed by atoms with van der Waals surface area (Å²) in [5.74, 6) is 0.618. The Labute approximate surface area is 179 Å². The quantitative estimate of drug-likeness (QED) is 0.542. The number of primary amides is 1. The zero-order valence-corrected chi connectivity index (χ0v) is 17.1. The lowest BCUT2D eigenvalue weighted by atomic mass is 9.57. The molecule has 154 valence electrons. The second kappa shape index (κ2) is 7.06. The minimum atomic E-state index is -0.505. The smallest absolute Gasteiger partial charge is 0.252 e. The third-order valence-corrected chi connectivity index (χ3v) is 6.14. The van der Waals surface area contributed by atoms with Gasteiger partial charge in [-0.05, 0) is 42.5 Å². The molecule has 1 aliphatic carbocycles. The number of imidazole rings is 1. The average Bonchev–Trinajstić information content (AvgIpc) is 3.36. The second-order valence-electron chi connectivity index (χ2n) is 8.18. The van der Waals surface area contributed by atoms with Crippen LogP contribution in [-0.2, 0) is 12.5 Å². The van der Waals surface area contributed by atoms with Crippen LogP contribution in [0.15, 0.2) is 55.1 Å². The van der Waals surface area contributed by atoms with Gasteiger partial charge in [0, 0.05) is 31.4 Å². The van der Waals surface area contributed by atoms with E-state index in [0.717, 1.165) is 35.5 Å². The number of amides is 1. The standard InChI is InChI=1S/C23H21N7O/c1-29-14-26-22(28-29)23(11-15(12-23)7-8-24)17-5-2-4-16(10-17)19-13-30-9-3-6-18(20(25)31)21(30)27-19/h2-6,9-10,13-15H,7,11-12H2,1H3,(H2,25,31). The lowest BCUT2D eigenvalue weighted by molar-refractivity contribution is 0.100.